The summed E-state index contributed by atoms with van der Waals surface area (Å²) in [4.78, 5) is 34.4. The number of hydrogen-bond donors (Lipinski definition) is 3. The van der Waals surface area contributed by atoms with Crippen LogP contribution in [0.2, 0.25) is 0 Å². The Kier molecular flexibility index (Phi) is 6.48. The molecule has 1 atom stereocenters. The number of benzene rings is 2. The minimum atomic E-state index is -1.13. The van der Waals surface area contributed by atoms with Crippen LogP contribution in [0.25, 0.3) is 0 Å². The second-order valence-corrected chi connectivity index (χ2v) is 6.34. The molecule has 2 rings (SSSR count). The number of nitrogens with one attached hydrogen (secondary N) is 2. The van der Waals surface area contributed by atoms with Crippen molar-refractivity contribution in [3.05, 3.63) is 69.8 Å². The molecule has 0 aliphatic carbocycles. The number of nitro benzene ring substituents is 1. The van der Waals surface area contributed by atoms with Gasteiger partial charge in [0.25, 0.3) is 11.6 Å². The van der Waals surface area contributed by atoms with Crippen molar-refractivity contribution >= 4 is 23.3 Å². The molecule has 0 saturated carbocycles. The zero-order chi connectivity index (χ0) is 20.0. The fourth-order valence-corrected chi connectivity index (χ4v) is 2.53. The maximum Gasteiger partial charge on any atom is 0.326 e. The summed E-state index contributed by atoms with van der Waals surface area (Å²) in [5, 5.41) is 26.3. The summed E-state index contributed by atoms with van der Waals surface area (Å²) in [6.07, 6.45) is 0.156. The first kappa shape index (κ1) is 19.9. The Bertz CT molecular complexity index is 836. The molecule has 0 spiro atoms. The lowest BCUT2D eigenvalue weighted by Crippen LogP contribution is -2.32. The number of carboxylic acids is 1. The first-order valence-electron chi connectivity index (χ1n) is 8.40. The Hall–Kier alpha value is -3.42. The normalized spacial score (nSPS) is 11.7. The molecule has 8 nitrogen and oxygen atoms in total. The highest BCUT2D eigenvalue weighted by molar-refractivity contribution is 5.96. The van der Waals surface area contributed by atoms with Gasteiger partial charge in [0.05, 0.1) is 4.92 Å². The van der Waals surface area contributed by atoms with E-state index in [1.165, 1.54) is 12.1 Å². The van der Waals surface area contributed by atoms with Crippen LogP contribution in [0.5, 0.6) is 0 Å². The SMILES string of the molecule is CC(C)NC(=O)c1ccc(N[C@H](Cc2ccccc2)C(=O)O)c([N+](=O)[O-])c1. The van der Waals surface area contributed by atoms with Gasteiger partial charge in [-0.05, 0) is 31.5 Å². The van der Waals surface area contributed by atoms with Crippen LogP contribution in [0.3, 0.4) is 0 Å². The van der Waals surface area contributed by atoms with Gasteiger partial charge in [0.1, 0.15) is 11.7 Å². The molecule has 27 heavy (non-hydrogen) atoms. The third-order valence-electron chi connectivity index (χ3n) is 3.79. The minimum absolute atomic E-state index is 0.0458. The van der Waals surface area contributed by atoms with Gasteiger partial charge < -0.3 is 15.7 Å². The zero-order valence-electron chi connectivity index (χ0n) is 15.0. The summed E-state index contributed by atoms with van der Waals surface area (Å²) in [6, 6.07) is 11.7. The van der Waals surface area contributed by atoms with Gasteiger partial charge in [-0.25, -0.2) is 4.79 Å². The number of nitro groups is 1. The lowest BCUT2D eigenvalue weighted by Gasteiger charge is -2.16. The third-order valence-corrected chi connectivity index (χ3v) is 3.79. The molecule has 1 amide bonds. The van der Waals surface area contributed by atoms with Crippen LogP contribution in [0.4, 0.5) is 11.4 Å². The lowest BCUT2D eigenvalue weighted by molar-refractivity contribution is -0.384. The number of carbonyl (C=O) groups is 2. The second kappa shape index (κ2) is 8.79. The van der Waals surface area contributed by atoms with Crippen molar-refractivity contribution in [3.63, 3.8) is 0 Å². The number of hydrogen-bond acceptors (Lipinski definition) is 5. The molecule has 2 aromatic rings. The number of carbonyl (C=O) groups excluding carboxylic acids is 1. The largest absolute Gasteiger partial charge is 0.480 e. The molecule has 8 heteroatoms. The fraction of sp³-hybridized carbons (Fsp3) is 0.263. The monoisotopic (exact) mass is 371 g/mol. The highest BCUT2D eigenvalue weighted by Gasteiger charge is 2.24. The van der Waals surface area contributed by atoms with Crippen molar-refractivity contribution in [1.82, 2.24) is 5.32 Å². The number of rotatable bonds is 8. The molecule has 0 heterocycles. The molecule has 2 aromatic carbocycles. The molecule has 0 aromatic heterocycles. The number of nitrogens with zero attached hydrogens (tertiary/aromatic N) is 1. The minimum Gasteiger partial charge on any atom is -0.480 e. The van der Waals surface area contributed by atoms with E-state index in [1.54, 1.807) is 38.1 Å². The number of carboxylic acid groups (broad SMARTS) is 1. The predicted molar refractivity (Wildman–Crippen MR) is 101 cm³/mol. The molecule has 0 aliphatic rings. The number of aliphatic carboxylic acids is 1. The maximum atomic E-state index is 12.1. The van der Waals surface area contributed by atoms with E-state index in [2.05, 4.69) is 10.6 Å². The molecule has 142 valence electrons. The van der Waals surface area contributed by atoms with E-state index in [-0.39, 0.29) is 29.4 Å². The molecular weight excluding hydrogens is 350 g/mol. The van der Waals surface area contributed by atoms with E-state index < -0.39 is 22.8 Å². The summed E-state index contributed by atoms with van der Waals surface area (Å²) in [5.41, 5.74) is 0.610. The van der Waals surface area contributed by atoms with Gasteiger partial charge in [0, 0.05) is 24.1 Å². The van der Waals surface area contributed by atoms with Gasteiger partial charge in [0.15, 0.2) is 0 Å². The van der Waals surface area contributed by atoms with Crippen LogP contribution in [0.1, 0.15) is 29.8 Å². The summed E-state index contributed by atoms with van der Waals surface area (Å²) < 4.78 is 0. The quantitative estimate of drug-likeness (QED) is 0.484. The summed E-state index contributed by atoms with van der Waals surface area (Å²) in [7, 11) is 0. The first-order valence-corrected chi connectivity index (χ1v) is 8.40. The smallest absolute Gasteiger partial charge is 0.326 e. The van der Waals surface area contributed by atoms with Gasteiger partial charge >= 0.3 is 5.97 Å². The molecule has 0 radical (unpaired) electrons. The average Bonchev–Trinajstić information content (AvgIpc) is 2.61. The van der Waals surface area contributed by atoms with Gasteiger partial charge in [-0.1, -0.05) is 30.3 Å². The van der Waals surface area contributed by atoms with Gasteiger partial charge in [-0.2, -0.15) is 0 Å². The highest BCUT2D eigenvalue weighted by atomic mass is 16.6. The number of anilines is 1. The van der Waals surface area contributed by atoms with Crippen molar-refractivity contribution in [2.75, 3.05) is 5.32 Å². The molecule has 0 unspecified atom stereocenters. The Morgan fingerprint density at radius 3 is 2.37 bits per heavy atom. The van der Waals surface area contributed by atoms with Crippen LogP contribution < -0.4 is 10.6 Å². The highest BCUT2D eigenvalue weighted by Crippen LogP contribution is 2.27. The molecule has 3 N–H and O–H groups in total. The van der Waals surface area contributed by atoms with Crippen LogP contribution >= 0.6 is 0 Å². The zero-order valence-corrected chi connectivity index (χ0v) is 15.0. The topological polar surface area (TPSA) is 122 Å². The average molecular weight is 371 g/mol. The molecule has 0 saturated heterocycles. The van der Waals surface area contributed by atoms with Crippen molar-refractivity contribution in [3.8, 4) is 0 Å². The Morgan fingerprint density at radius 1 is 1.15 bits per heavy atom. The summed E-state index contributed by atoms with van der Waals surface area (Å²) in [6.45, 7) is 3.56. The molecule has 0 aliphatic heterocycles. The Labute approximate surface area is 156 Å². The van der Waals surface area contributed by atoms with E-state index >= 15 is 0 Å². The predicted octanol–water partition coefficient (Wildman–Crippen LogP) is 2.84. The van der Waals surface area contributed by atoms with E-state index in [0.29, 0.717) is 0 Å². The van der Waals surface area contributed by atoms with Crippen LogP contribution in [-0.4, -0.2) is 34.0 Å². The second-order valence-electron chi connectivity index (χ2n) is 6.34. The van der Waals surface area contributed by atoms with E-state index in [4.69, 9.17) is 0 Å². The lowest BCUT2D eigenvalue weighted by atomic mass is 10.0. The van der Waals surface area contributed by atoms with Crippen LogP contribution in [0.15, 0.2) is 48.5 Å². The fourth-order valence-electron chi connectivity index (χ4n) is 2.53. The van der Waals surface area contributed by atoms with Crippen LogP contribution in [-0.2, 0) is 11.2 Å². The van der Waals surface area contributed by atoms with Crippen molar-refractivity contribution in [1.29, 1.82) is 0 Å². The summed E-state index contributed by atoms with van der Waals surface area (Å²) in [5.74, 6) is -1.56. The summed E-state index contributed by atoms with van der Waals surface area (Å²) >= 11 is 0. The van der Waals surface area contributed by atoms with Crippen molar-refractivity contribution < 1.29 is 19.6 Å². The van der Waals surface area contributed by atoms with E-state index in [9.17, 15) is 24.8 Å². The van der Waals surface area contributed by atoms with Gasteiger partial charge in [0.2, 0.25) is 0 Å². The van der Waals surface area contributed by atoms with Crippen molar-refractivity contribution in [2.45, 2.75) is 32.4 Å². The first-order chi connectivity index (χ1) is 12.8. The Balaban J connectivity index is 2.28. The van der Waals surface area contributed by atoms with Crippen LogP contribution in [0, 0.1) is 10.1 Å². The van der Waals surface area contributed by atoms with Gasteiger partial charge in [-0.15, -0.1) is 0 Å². The van der Waals surface area contributed by atoms with E-state index in [1.807, 2.05) is 6.07 Å². The van der Waals surface area contributed by atoms with Crippen molar-refractivity contribution in [2.24, 2.45) is 0 Å². The molecule has 0 bridgehead atoms. The number of amides is 1. The Morgan fingerprint density at radius 2 is 1.81 bits per heavy atom. The van der Waals surface area contributed by atoms with E-state index in [0.717, 1.165) is 11.6 Å². The third kappa shape index (κ3) is 5.53. The molecular formula is C19H21N3O5. The maximum absolute atomic E-state index is 12.1. The van der Waals surface area contributed by atoms with Gasteiger partial charge in [-0.3, -0.25) is 14.9 Å². The molecule has 0 fully saturated rings. The standard InChI is InChI=1S/C19H21N3O5/c1-12(2)20-18(23)14-8-9-15(17(11-14)22(26)27)21-16(19(24)25)10-13-6-4-3-5-7-13/h3-9,11-12,16,21H,10H2,1-2H3,(H,20,23)(H,24,25)/t16-/m1/s1.